The van der Waals surface area contributed by atoms with E-state index in [0.717, 1.165) is 5.69 Å². The van der Waals surface area contributed by atoms with Crippen molar-refractivity contribution in [3.63, 3.8) is 0 Å². The van der Waals surface area contributed by atoms with Gasteiger partial charge < -0.3 is 9.64 Å². The number of hydrogen-bond donors (Lipinski definition) is 2. The summed E-state index contributed by atoms with van der Waals surface area (Å²) in [5.74, 6) is 0.122. The molecule has 1 aromatic heterocycles. The van der Waals surface area contributed by atoms with E-state index in [1.807, 2.05) is 35.9 Å². The van der Waals surface area contributed by atoms with E-state index < -0.39 is 16.1 Å². The van der Waals surface area contributed by atoms with Crippen LogP contribution in [0.2, 0.25) is 0 Å². The lowest BCUT2D eigenvalue weighted by atomic mass is 10.2. The maximum Gasteiger partial charge on any atom is 0.335 e. The number of azo groups is 1. The van der Waals surface area contributed by atoms with Crippen LogP contribution in [0.5, 0.6) is 5.88 Å². The minimum absolute atomic E-state index is 0.0693. The van der Waals surface area contributed by atoms with Gasteiger partial charge in [0.15, 0.2) is 0 Å². The first kappa shape index (κ1) is 23.6. The van der Waals surface area contributed by atoms with Crippen molar-refractivity contribution in [2.45, 2.75) is 11.8 Å². The molecule has 33 heavy (non-hydrogen) atoms. The van der Waals surface area contributed by atoms with Crippen LogP contribution >= 0.6 is 0 Å². The molecule has 1 heterocycles. The number of hydrogen-bond acceptors (Lipinski definition) is 9. The Morgan fingerprint density at radius 3 is 2.33 bits per heavy atom. The van der Waals surface area contributed by atoms with Gasteiger partial charge in [-0.05, 0) is 31.2 Å². The molecule has 0 saturated heterocycles. The lowest BCUT2D eigenvalue weighted by Gasteiger charge is -2.14. The van der Waals surface area contributed by atoms with E-state index in [1.54, 1.807) is 31.2 Å². The second-order valence-corrected chi connectivity index (χ2v) is 8.64. The van der Waals surface area contributed by atoms with Crippen molar-refractivity contribution in [2.24, 2.45) is 10.2 Å². The van der Waals surface area contributed by atoms with Gasteiger partial charge >= 0.3 is 6.03 Å². The number of aryl methyl sites for hydroxylation is 1. The summed E-state index contributed by atoms with van der Waals surface area (Å²) in [6, 6.07) is 13.8. The molecule has 2 aromatic carbocycles. The molecule has 0 unspecified atom stereocenters. The number of urea groups is 1. The number of nitrogens with one attached hydrogen (secondary N) is 2. The maximum absolute atomic E-state index is 12.9. The Labute approximate surface area is 191 Å². The van der Waals surface area contributed by atoms with Gasteiger partial charge in [0, 0.05) is 25.9 Å². The molecule has 2 N–H and O–H groups in total. The molecule has 0 atom stereocenters. The molecule has 0 radical (unpaired) electrons. The van der Waals surface area contributed by atoms with Crippen molar-refractivity contribution in [2.75, 3.05) is 31.4 Å². The van der Waals surface area contributed by atoms with E-state index in [1.165, 1.54) is 25.3 Å². The highest BCUT2D eigenvalue weighted by Crippen LogP contribution is 2.30. The molecule has 172 valence electrons. The van der Waals surface area contributed by atoms with Gasteiger partial charge in [0.05, 0.1) is 12.8 Å². The van der Waals surface area contributed by atoms with Crippen LogP contribution in [0.3, 0.4) is 0 Å². The lowest BCUT2D eigenvalue weighted by Crippen LogP contribution is -2.35. The molecule has 3 aromatic rings. The standard InChI is InChI=1S/C21H23N7O4S/c1-14-13-19(32-4)23-20(22-14)24-21(29)27-33(30,31)18-12-8-6-10-16(18)26-25-15-9-5-7-11-17(15)28(2)3/h5-13H,1-4H3,(H2,22,23,24,27,29). The lowest BCUT2D eigenvalue weighted by molar-refractivity contribution is 0.256. The minimum atomic E-state index is -4.28. The molecule has 0 fully saturated rings. The van der Waals surface area contributed by atoms with E-state index in [-0.39, 0.29) is 22.4 Å². The van der Waals surface area contributed by atoms with Gasteiger partial charge in [-0.25, -0.2) is 22.9 Å². The SMILES string of the molecule is COc1cc(C)nc(NC(=O)NS(=O)(=O)c2ccccc2N=Nc2ccccc2N(C)C)n1. The number of anilines is 2. The highest BCUT2D eigenvalue weighted by Gasteiger charge is 2.22. The summed E-state index contributed by atoms with van der Waals surface area (Å²) in [5, 5.41) is 10.6. The summed E-state index contributed by atoms with van der Waals surface area (Å²) in [6.07, 6.45) is 0. The van der Waals surface area contributed by atoms with E-state index in [4.69, 9.17) is 4.74 Å². The van der Waals surface area contributed by atoms with Crippen molar-refractivity contribution in [1.29, 1.82) is 0 Å². The Morgan fingerprint density at radius 2 is 1.64 bits per heavy atom. The van der Waals surface area contributed by atoms with Crippen LogP contribution in [-0.2, 0) is 10.0 Å². The maximum atomic E-state index is 12.9. The molecule has 0 bridgehead atoms. The van der Waals surface area contributed by atoms with Crippen LogP contribution in [0, 0.1) is 6.92 Å². The Kier molecular flexibility index (Phi) is 7.18. The molecule has 0 aliphatic heterocycles. The fourth-order valence-electron chi connectivity index (χ4n) is 2.81. The van der Waals surface area contributed by atoms with Gasteiger partial charge in [-0.3, -0.25) is 5.32 Å². The average Bonchev–Trinajstić information content (AvgIpc) is 2.77. The Hall–Kier alpha value is -4.06. The van der Waals surface area contributed by atoms with E-state index >= 15 is 0 Å². The molecule has 0 spiro atoms. The first-order chi connectivity index (χ1) is 15.7. The van der Waals surface area contributed by atoms with Crippen LogP contribution in [-0.4, -0.2) is 45.6 Å². The third-order valence-corrected chi connectivity index (χ3v) is 5.65. The Bertz CT molecular complexity index is 1290. The fourth-order valence-corrected chi connectivity index (χ4v) is 3.85. The van der Waals surface area contributed by atoms with Crippen LogP contribution in [0.15, 0.2) is 69.7 Å². The van der Waals surface area contributed by atoms with Crippen LogP contribution in [0.25, 0.3) is 0 Å². The highest BCUT2D eigenvalue weighted by molar-refractivity contribution is 7.90. The second kappa shape index (κ2) is 10.0. The van der Waals surface area contributed by atoms with Crippen LogP contribution < -0.4 is 19.7 Å². The number of amides is 2. The van der Waals surface area contributed by atoms with Gasteiger partial charge in [0.25, 0.3) is 10.0 Å². The number of aromatic nitrogens is 2. The summed E-state index contributed by atoms with van der Waals surface area (Å²) in [6.45, 7) is 1.68. The molecular formula is C21H23N7O4S. The van der Waals surface area contributed by atoms with Gasteiger partial charge in [0.1, 0.15) is 16.3 Å². The number of carbonyl (C=O) groups is 1. The molecule has 0 aliphatic carbocycles. The summed E-state index contributed by atoms with van der Waals surface area (Å²) in [7, 11) is 0.863. The van der Waals surface area contributed by atoms with Gasteiger partial charge in [-0.15, -0.1) is 10.2 Å². The van der Waals surface area contributed by atoms with Crippen molar-refractivity contribution in [1.82, 2.24) is 14.7 Å². The molecule has 12 heteroatoms. The third-order valence-electron chi connectivity index (χ3n) is 4.28. The number of methoxy groups -OCH3 is 1. The third kappa shape index (κ3) is 6.01. The Morgan fingerprint density at radius 1 is 1.00 bits per heavy atom. The van der Waals surface area contributed by atoms with Gasteiger partial charge in [0.2, 0.25) is 11.8 Å². The van der Waals surface area contributed by atoms with Crippen molar-refractivity contribution in [3.8, 4) is 5.88 Å². The predicted molar refractivity (Wildman–Crippen MR) is 124 cm³/mol. The Balaban J connectivity index is 1.84. The monoisotopic (exact) mass is 469 g/mol. The summed E-state index contributed by atoms with van der Waals surface area (Å²) < 4.78 is 32.7. The second-order valence-electron chi connectivity index (χ2n) is 6.99. The molecule has 2 amide bonds. The summed E-state index contributed by atoms with van der Waals surface area (Å²) in [5.41, 5.74) is 1.97. The number of ether oxygens (including phenoxy) is 1. The van der Waals surface area contributed by atoms with E-state index in [2.05, 4.69) is 25.5 Å². The molecule has 3 rings (SSSR count). The number of sulfonamides is 1. The normalized spacial score (nSPS) is 11.3. The molecule has 11 nitrogen and oxygen atoms in total. The largest absolute Gasteiger partial charge is 0.481 e. The molecule has 0 aliphatic rings. The van der Waals surface area contributed by atoms with Crippen LogP contribution in [0.4, 0.5) is 27.8 Å². The highest BCUT2D eigenvalue weighted by atomic mass is 32.2. The van der Waals surface area contributed by atoms with E-state index in [9.17, 15) is 13.2 Å². The number of nitrogens with zero attached hydrogens (tertiary/aromatic N) is 5. The van der Waals surface area contributed by atoms with Crippen molar-refractivity contribution in [3.05, 3.63) is 60.3 Å². The van der Waals surface area contributed by atoms with E-state index in [0.29, 0.717) is 11.4 Å². The predicted octanol–water partition coefficient (Wildman–Crippen LogP) is 3.79. The van der Waals surface area contributed by atoms with Crippen molar-refractivity contribution < 1.29 is 17.9 Å². The number of carbonyl (C=O) groups excluding carboxylic acids is 1. The van der Waals surface area contributed by atoms with Gasteiger partial charge in [-0.1, -0.05) is 24.3 Å². The van der Waals surface area contributed by atoms with Crippen LogP contribution in [0.1, 0.15) is 5.69 Å². The topological polar surface area (TPSA) is 138 Å². The first-order valence-electron chi connectivity index (χ1n) is 9.70. The molecular weight excluding hydrogens is 446 g/mol. The quantitative estimate of drug-likeness (QED) is 0.502. The number of rotatable bonds is 7. The number of para-hydroxylation sites is 1. The number of benzene rings is 2. The smallest absolute Gasteiger partial charge is 0.335 e. The average molecular weight is 470 g/mol. The van der Waals surface area contributed by atoms with Crippen molar-refractivity contribution >= 4 is 39.1 Å². The first-order valence-corrected chi connectivity index (χ1v) is 11.2. The summed E-state index contributed by atoms with van der Waals surface area (Å²) in [4.78, 5) is 22.0. The zero-order chi connectivity index (χ0) is 24.0. The fraction of sp³-hybridized carbons (Fsp3) is 0.190. The summed E-state index contributed by atoms with van der Waals surface area (Å²) >= 11 is 0. The van der Waals surface area contributed by atoms with Gasteiger partial charge in [-0.2, -0.15) is 4.98 Å². The molecule has 0 saturated carbocycles. The zero-order valence-corrected chi connectivity index (χ0v) is 19.3. The zero-order valence-electron chi connectivity index (χ0n) is 18.5. The minimum Gasteiger partial charge on any atom is -0.481 e.